The van der Waals surface area contributed by atoms with E-state index in [1.54, 1.807) is 19.3 Å². The van der Waals surface area contributed by atoms with Gasteiger partial charge < -0.3 is 5.32 Å². The number of amides is 1. The highest BCUT2D eigenvalue weighted by Crippen LogP contribution is 2.47. The van der Waals surface area contributed by atoms with Crippen molar-refractivity contribution in [1.82, 2.24) is 19.6 Å². The average Bonchev–Trinajstić information content (AvgIpc) is 3.14. The fourth-order valence-electron chi connectivity index (χ4n) is 2.45. The Morgan fingerprint density at radius 1 is 1.42 bits per heavy atom. The second-order valence-corrected chi connectivity index (χ2v) is 6.18. The maximum absolute atomic E-state index is 13.1. The Morgan fingerprint density at radius 3 is 2.58 bits per heavy atom. The summed E-state index contributed by atoms with van der Waals surface area (Å²) < 4.78 is 41.8. The predicted molar refractivity (Wildman–Crippen MR) is 80.8 cm³/mol. The molecule has 1 unspecified atom stereocenters. The van der Waals surface area contributed by atoms with Crippen LogP contribution in [0.25, 0.3) is 0 Å². The van der Waals surface area contributed by atoms with Gasteiger partial charge in [-0.25, -0.2) is 0 Å². The predicted octanol–water partition coefficient (Wildman–Crippen LogP) is 3.37. The van der Waals surface area contributed by atoms with Crippen molar-refractivity contribution in [2.45, 2.75) is 37.9 Å². The number of hydrogen-bond donors (Lipinski definition) is 1. The van der Waals surface area contributed by atoms with Gasteiger partial charge in [0.05, 0.1) is 10.7 Å². The number of aryl methyl sites for hydroxylation is 1. The summed E-state index contributed by atoms with van der Waals surface area (Å²) in [5.41, 5.74) is -0.879. The first-order valence-corrected chi connectivity index (χ1v) is 7.72. The first-order valence-electron chi connectivity index (χ1n) is 7.34. The molecule has 24 heavy (non-hydrogen) atoms. The first-order chi connectivity index (χ1) is 11.2. The lowest BCUT2D eigenvalue weighted by atomic mass is 10.2. The maximum atomic E-state index is 13.1. The molecule has 6 nitrogen and oxygen atoms in total. The highest BCUT2D eigenvalue weighted by atomic mass is 35.5. The summed E-state index contributed by atoms with van der Waals surface area (Å²) in [4.78, 5) is 12.3. The number of aromatic nitrogens is 4. The summed E-state index contributed by atoms with van der Waals surface area (Å²) in [6, 6.07) is 0.639. The van der Waals surface area contributed by atoms with Crippen molar-refractivity contribution in [3.8, 4) is 0 Å². The highest BCUT2D eigenvalue weighted by molar-refractivity contribution is 6.32. The van der Waals surface area contributed by atoms with Gasteiger partial charge in [0.15, 0.2) is 11.5 Å². The van der Waals surface area contributed by atoms with E-state index in [9.17, 15) is 18.0 Å². The van der Waals surface area contributed by atoms with Gasteiger partial charge in [-0.2, -0.15) is 23.4 Å². The molecular weight excluding hydrogens is 347 g/mol. The van der Waals surface area contributed by atoms with Crippen molar-refractivity contribution in [1.29, 1.82) is 0 Å². The molecule has 2 aromatic heterocycles. The second-order valence-electron chi connectivity index (χ2n) is 5.80. The number of halogens is 4. The van der Waals surface area contributed by atoms with E-state index in [-0.39, 0.29) is 11.6 Å². The molecule has 1 saturated carbocycles. The van der Waals surface area contributed by atoms with E-state index in [0.717, 1.165) is 17.5 Å². The molecule has 1 amide bonds. The van der Waals surface area contributed by atoms with Crippen LogP contribution < -0.4 is 5.32 Å². The molecule has 2 aromatic rings. The van der Waals surface area contributed by atoms with Crippen LogP contribution in [0.15, 0.2) is 12.3 Å². The van der Waals surface area contributed by atoms with Gasteiger partial charge in [-0.1, -0.05) is 11.6 Å². The Labute approximate surface area is 140 Å². The Kier molecular flexibility index (Phi) is 4.06. The van der Waals surface area contributed by atoms with Gasteiger partial charge in [-0.3, -0.25) is 14.2 Å². The van der Waals surface area contributed by atoms with Crippen molar-refractivity contribution in [2.75, 3.05) is 5.32 Å². The minimum Gasteiger partial charge on any atom is -0.307 e. The lowest BCUT2D eigenvalue weighted by Crippen LogP contribution is -2.26. The summed E-state index contributed by atoms with van der Waals surface area (Å²) in [5, 5.41) is 9.74. The van der Waals surface area contributed by atoms with E-state index in [1.807, 2.05) is 0 Å². The molecule has 0 radical (unpaired) electrons. The van der Waals surface area contributed by atoms with Gasteiger partial charge in [-0.15, -0.1) is 0 Å². The summed E-state index contributed by atoms with van der Waals surface area (Å²) >= 11 is 5.91. The molecule has 2 heterocycles. The van der Waals surface area contributed by atoms with Crippen molar-refractivity contribution >= 4 is 23.3 Å². The van der Waals surface area contributed by atoms with Gasteiger partial charge in [0.1, 0.15) is 6.04 Å². The number of rotatable bonds is 4. The van der Waals surface area contributed by atoms with Crippen LogP contribution in [0.4, 0.5) is 19.0 Å². The minimum atomic E-state index is -4.66. The summed E-state index contributed by atoms with van der Waals surface area (Å²) in [7, 11) is 1.69. The van der Waals surface area contributed by atoms with E-state index in [4.69, 9.17) is 11.6 Å². The Balaban J connectivity index is 1.91. The zero-order valence-corrected chi connectivity index (χ0v) is 13.7. The summed E-state index contributed by atoms with van der Waals surface area (Å²) in [6.07, 6.45) is -1.56. The van der Waals surface area contributed by atoms with Crippen molar-refractivity contribution in [2.24, 2.45) is 7.05 Å². The molecule has 0 bridgehead atoms. The molecule has 1 aliphatic rings. The van der Waals surface area contributed by atoms with E-state index in [1.165, 1.54) is 11.6 Å². The van der Waals surface area contributed by atoms with Gasteiger partial charge in [0.25, 0.3) is 0 Å². The third-order valence-corrected chi connectivity index (χ3v) is 4.20. The number of nitrogens with one attached hydrogen (secondary N) is 1. The summed E-state index contributed by atoms with van der Waals surface area (Å²) in [5.74, 6) is -0.286. The fraction of sp³-hybridized carbons (Fsp3) is 0.500. The van der Waals surface area contributed by atoms with Gasteiger partial charge in [0, 0.05) is 25.2 Å². The van der Waals surface area contributed by atoms with Crippen LogP contribution in [0.3, 0.4) is 0 Å². The molecule has 1 fully saturated rings. The zero-order valence-electron chi connectivity index (χ0n) is 12.9. The van der Waals surface area contributed by atoms with Gasteiger partial charge in [-0.05, 0) is 19.8 Å². The molecule has 1 aliphatic carbocycles. The molecule has 0 aromatic carbocycles. The molecule has 0 aliphatic heterocycles. The SMILES string of the molecule is CC(C(=O)Nc1ccn(C)n1)n1nc(C(F)(F)F)c(Cl)c1C1CC1. The molecule has 0 spiro atoms. The molecule has 1 N–H and O–H groups in total. The standard InChI is InChI=1S/C14H15ClF3N5O/c1-7(13(24)19-9-5-6-22(2)20-9)23-11(8-3-4-8)10(15)12(21-23)14(16,17)18/h5-8H,3-4H2,1-2H3,(H,19,20,24). The van der Waals surface area contributed by atoms with Crippen molar-refractivity contribution in [3.05, 3.63) is 28.7 Å². The monoisotopic (exact) mass is 361 g/mol. The number of alkyl halides is 3. The van der Waals surface area contributed by atoms with Gasteiger partial charge in [0.2, 0.25) is 5.91 Å². The molecular formula is C14H15ClF3N5O. The number of carbonyl (C=O) groups excluding carboxylic acids is 1. The second kappa shape index (κ2) is 5.80. The smallest absolute Gasteiger partial charge is 0.307 e. The lowest BCUT2D eigenvalue weighted by molar-refractivity contribution is -0.141. The fourth-order valence-corrected chi connectivity index (χ4v) is 2.84. The maximum Gasteiger partial charge on any atom is 0.436 e. The van der Waals surface area contributed by atoms with Crippen LogP contribution >= 0.6 is 11.6 Å². The number of carbonyl (C=O) groups is 1. The third-order valence-electron chi connectivity index (χ3n) is 3.83. The third kappa shape index (κ3) is 3.12. The Bertz CT molecular complexity index is 778. The Morgan fingerprint density at radius 2 is 2.08 bits per heavy atom. The van der Waals surface area contributed by atoms with Crippen LogP contribution in [0.2, 0.25) is 5.02 Å². The molecule has 1 atom stereocenters. The Hall–Kier alpha value is -2.03. The van der Waals surface area contributed by atoms with E-state index in [2.05, 4.69) is 15.5 Å². The highest BCUT2D eigenvalue weighted by Gasteiger charge is 2.43. The molecule has 130 valence electrons. The minimum absolute atomic E-state index is 0.0915. The molecule has 10 heteroatoms. The van der Waals surface area contributed by atoms with E-state index >= 15 is 0 Å². The van der Waals surface area contributed by atoms with Crippen molar-refractivity contribution in [3.63, 3.8) is 0 Å². The van der Waals surface area contributed by atoms with Crippen LogP contribution in [-0.2, 0) is 18.0 Å². The number of hydrogen-bond acceptors (Lipinski definition) is 3. The topological polar surface area (TPSA) is 64.7 Å². The largest absolute Gasteiger partial charge is 0.436 e. The average molecular weight is 362 g/mol. The van der Waals surface area contributed by atoms with E-state index < -0.39 is 28.8 Å². The molecule has 0 saturated heterocycles. The van der Waals surface area contributed by atoms with Gasteiger partial charge >= 0.3 is 6.18 Å². The number of anilines is 1. The number of nitrogens with zero attached hydrogens (tertiary/aromatic N) is 4. The molecule has 3 rings (SSSR count). The van der Waals surface area contributed by atoms with Crippen molar-refractivity contribution < 1.29 is 18.0 Å². The van der Waals surface area contributed by atoms with Crippen LogP contribution in [0.5, 0.6) is 0 Å². The lowest BCUT2D eigenvalue weighted by Gasteiger charge is -2.15. The summed E-state index contributed by atoms with van der Waals surface area (Å²) in [6.45, 7) is 1.48. The van der Waals surface area contributed by atoms with Crippen LogP contribution in [0, 0.1) is 0 Å². The van der Waals surface area contributed by atoms with Crippen LogP contribution in [0.1, 0.15) is 43.1 Å². The van der Waals surface area contributed by atoms with E-state index in [0.29, 0.717) is 5.82 Å². The quantitative estimate of drug-likeness (QED) is 0.908. The zero-order chi connectivity index (χ0) is 17.6. The first kappa shape index (κ1) is 16.8. The normalized spacial score (nSPS) is 16.2. The van der Waals surface area contributed by atoms with Crippen LogP contribution in [-0.4, -0.2) is 25.5 Å².